The number of amides is 1. The monoisotopic (exact) mass is 249 g/mol. The van der Waals surface area contributed by atoms with Crippen LogP contribution in [0.15, 0.2) is 18.2 Å². The molecular formula is C15H23NO2. The van der Waals surface area contributed by atoms with Crippen molar-refractivity contribution in [2.75, 3.05) is 0 Å². The second-order valence-corrected chi connectivity index (χ2v) is 4.85. The highest BCUT2D eigenvalue weighted by atomic mass is 16.5. The van der Waals surface area contributed by atoms with Crippen LogP contribution in [0, 0.1) is 13.8 Å². The Labute approximate surface area is 110 Å². The van der Waals surface area contributed by atoms with Crippen LogP contribution in [0.25, 0.3) is 0 Å². The van der Waals surface area contributed by atoms with E-state index in [1.807, 2.05) is 39.8 Å². The fourth-order valence-electron chi connectivity index (χ4n) is 1.64. The van der Waals surface area contributed by atoms with Crippen LogP contribution in [0.5, 0.6) is 5.75 Å². The van der Waals surface area contributed by atoms with E-state index in [0.717, 1.165) is 17.7 Å². The SMILES string of the molecule is CC[C@H](C)NC(=O)[C@H](C)Oc1ccc(C)cc1C. The first-order valence-electron chi connectivity index (χ1n) is 6.48. The molecule has 0 aromatic heterocycles. The molecule has 100 valence electrons. The van der Waals surface area contributed by atoms with Gasteiger partial charge in [-0.05, 0) is 45.7 Å². The standard InChI is InChI=1S/C15H23NO2/c1-6-12(4)16-15(17)13(5)18-14-8-7-10(2)9-11(14)3/h7-9,12-13H,6H2,1-5H3,(H,16,17)/t12-,13-/m0/s1. The molecule has 1 amide bonds. The Hall–Kier alpha value is -1.51. The Bertz CT molecular complexity index is 415. The molecule has 1 aromatic carbocycles. The summed E-state index contributed by atoms with van der Waals surface area (Å²) in [5.74, 6) is 0.705. The molecule has 2 atom stereocenters. The molecule has 1 aromatic rings. The number of carbonyl (C=O) groups is 1. The van der Waals surface area contributed by atoms with Crippen LogP contribution < -0.4 is 10.1 Å². The van der Waals surface area contributed by atoms with Crippen LogP contribution in [-0.4, -0.2) is 18.1 Å². The van der Waals surface area contributed by atoms with Gasteiger partial charge in [-0.15, -0.1) is 0 Å². The molecule has 0 saturated heterocycles. The average Bonchev–Trinajstić information content (AvgIpc) is 2.32. The van der Waals surface area contributed by atoms with Gasteiger partial charge >= 0.3 is 0 Å². The van der Waals surface area contributed by atoms with Gasteiger partial charge < -0.3 is 10.1 Å². The zero-order valence-corrected chi connectivity index (χ0v) is 11.9. The fourth-order valence-corrected chi connectivity index (χ4v) is 1.64. The lowest BCUT2D eigenvalue weighted by molar-refractivity contribution is -0.127. The van der Waals surface area contributed by atoms with Gasteiger partial charge in [0.15, 0.2) is 6.10 Å². The van der Waals surface area contributed by atoms with Crippen molar-refractivity contribution in [2.45, 2.75) is 53.2 Å². The number of nitrogens with one attached hydrogen (secondary N) is 1. The Kier molecular flexibility index (Phi) is 5.20. The van der Waals surface area contributed by atoms with Crippen LogP contribution in [0.1, 0.15) is 38.3 Å². The van der Waals surface area contributed by atoms with Gasteiger partial charge in [-0.2, -0.15) is 0 Å². The van der Waals surface area contributed by atoms with E-state index in [1.54, 1.807) is 6.92 Å². The summed E-state index contributed by atoms with van der Waals surface area (Å²) in [6, 6.07) is 6.14. The van der Waals surface area contributed by atoms with Crippen LogP contribution in [0.3, 0.4) is 0 Å². The quantitative estimate of drug-likeness (QED) is 0.871. The van der Waals surface area contributed by atoms with E-state index in [1.165, 1.54) is 5.56 Å². The number of hydrogen-bond acceptors (Lipinski definition) is 2. The predicted molar refractivity (Wildman–Crippen MR) is 73.9 cm³/mol. The van der Waals surface area contributed by atoms with Gasteiger partial charge in [0.1, 0.15) is 5.75 Å². The molecule has 0 spiro atoms. The maximum absolute atomic E-state index is 11.9. The van der Waals surface area contributed by atoms with Gasteiger partial charge in [0.2, 0.25) is 0 Å². The first kappa shape index (κ1) is 14.6. The van der Waals surface area contributed by atoms with E-state index in [4.69, 9.17) is 4.74 Å². The highest BCUT2D eigenvalue weighted by molar-refractivity contribution is 5.81. The summed E-state index contributed by atoms with van der Waals surface area (Å²) < 4.78 is 5.70. The first-order chi connectivity index (χ1) is 8.43. The summed E-state index contributed by atoms with van der Waals surface area (Å²) in [6.45, 7) is 9.83. The van der Waals surface area contributed by atoms with Gasteiger partial charge in [0.25, 0.3) is 5.91 Å². The number of rotatable bonds is 5. The minimum Gasteiger partial charge on any atom is -0.481 e. The maximum Gasteiger partial charge on any atom is 0.260 e. The summed E-state index contributed by atoms with van der Waals surface area (Å²) in [5.41, 5.74) is 2.25. The zero-order chi connectivity index (χ0) is 13.7. The number of aryl methyl sites for hydroxylation is 2. The smallest absolute Gasteiger partial charge is 0.260 e. The van der Waals surface area contributed by atoms with Crippen LogP contribution in [0.4, 0.5) is 0 Å². The second-order valence-electron chi connectivity index (χ2n) is 4.85. The highest BCUT2D eigenvalue weighted by Gasteiger charge is 2.16. The molecule has 3 nitrogen and oxygen atoms in total. The van der Waals surface area contributed by atoms with E-state index >= 15 is 0 Å². The number of carbonyl (C=O) groups excluding carboxylic acids is 1. The molecule has 1 rings (SSSR count). The van der Waals surface area contributed by atoms with Gasteiger partial charge in [-0.25, -0.2) is 0 Å². The van der Waals surface area contributed by atoms with E-state index in [0.29, 0.717) is 0 Å². The molecule has 1 N–H and O–H groups in total. The molecule has 0 saturated carbocycles. The lowest BCUT2D eigenvalue weighted by atomic mass is 10.1. The van der Waals surface area contributed by atoms with E-state index in [9.17, 15) is 4.79 Å². The molecule has 0 unspecified atom stereocenters. The van der Waals surface area contributed by atoms with Crippen molar-refractivity contribution < 1.29 is 9.53 Å². The zero-order valence-electron chi connectivity index (χ0n) is 11.9. The van der Waals surface area contributed by atoms with Crippen molar-refractivity contribution in [3.63, 3.8) is 0 Å². The predicted octanol–water partition coefficient (Wildman–Crippen LogP) is 2.99. The van der Waals surface area contributed by atoms with E-state index in [2.05, 4.69) is 11.4 Å². The normalized spacial score (nSPS) is 13.8. The Balaban J connectivity index is 2.63. The van der Waals surface area contributed by atoms with Gasteiger partial charge in [-0.1, -0.05) is 24.6 Å². The summed E-state index contributed by atoms with van der Waals surface area (Å²) >= 11 is 0. The first-order valence-corrected chi connectivity index (χ1v) is 6.48. The third kappa shape index (κ3) is 4.06. The Morgan fingerprint density at radius 2 is 2.00 bits per heavy atom. The summed E-state index contributed by atoms with van der Waals surface area (Å²) in [6.07, 6.45) is 0.447. The van der Waals surface area contributed by atoms with Crippen molar-refractivity contribution >= 4 is 5.91 Å². The lowest BCUT2D eigenvalue weighted by Gasteiger charge is -2.18. The maximum atomic E-state index is 11.9. The van der Waals surface area contributed by atoms with Crippen molar-refractivity contribution in [3.8, 4) is 5.75 Å². The molecule has 0 aliphatic heterocycles. The molecule has 0 radical (unpaired) electrons. The van der Waals surface area contributed by atoms with Crippen LogP contribution in [0.2, 0.25) is 0 Å². The van der Waals surface area contributed by atoms with Crippen LogP contribution >= 0.6 is 0 Å². The highest BCUT2D eigenvalue weighted by Crippen LogP contribution is 2.20. The minimum atomic E-state index is -0.472. The van der Waals surface area contributed by atoms with Crippen LogP contribution in [-0.2, 0) is 4.79 Å². The largest absolute Gasteiger partial charge is 0.481 e. The third-order valence-corrected chi connectivity index (χ3v) is 3.00. The molecule has 0 fully saturated rings. The van der Waals surface area contributed by atoms with Crippen molar-refractivity contribution in [1.29, 1.82) is 0 Å². The molecule has 0 heterocycles. The molecular weight excluding hydrogens is 226 g/mol. The molecule has 18 heavy (non-hydrogen) atoms. The fraction of sp³-hybridized carbons (Fsp3) is 0.533. The number of ether oxygens (including phenoxy) is 1. The number of hydrogen-bond donors (Lipinski definition) is 1. The second kappa shape index (κ2) is 6.43. The van der Waals surface area contributed by atoms with E-state index in [-0.39, 0.29) is 11.9 Å². The Morgan fingerprint density at radius 1 is 1.33 bits per heavy atom. The summed E-state index contributed by atoms with van der Waals surface area (Å²) in [7, 11) is 0. The third-order valence-electron chi connectivity index (χ3n) is 3.00. The summed E-state index contributed by atoms with van der Waals surface area (Å²) in [5, 5.41) is 2.92. The van der Waals surface area contributed by atoms with Gasteiger partial charge in [0.05, 0.1) is 0 Å². The molecule has 0 aliphatic carbocycles. The Morgan fingerprint density at radius 3 is 2.56 bits per heavy atom. The van der Waals surface area contributed by atoms with Crippen molar-refractivity contribution in [2.24, 2.45) is 0 Å². The topological polar surface area (TPSA) is 38.3 Å². The van der Waals surface area contributed by atoms with Gasteiger partial charge in [-0.3, -0.25) is 4.79 Å². The molecule has 3 heteroatoms. The molecule has 0 bridgehead atoms. The summed E-state index contributed by atoms with van der Waals surface area (Å²) in [4.78, 5) is 11.9. The van der Waals surface area contributed by atoms with Crippen molar-refractivity contribution in [3.05, 3.63) is 29.3 Å². The van der Waals surface area contributed by atoms with Gasteiger partial charge in [0, 0.05) is 6.04 Å². The number of benzene rings is 1. The van der Waals surface area contributed by atoms with E-state index < -0.39 is 6.10 Å². The average molecular weight is 249 g/mol. The van der Waals surface area contributed by atoms with Crippen molar-refractivity contribution in [1.82, 2.24) is 5.32 Å². The molecule has 0 aliphatic rings. The lowest BCUT2D eigenvalue weighted by Crippen LogP contribution is -2.41. The minimum absolute atomic E-state index is 0.0654.